The van der Waals surface area contributed by atoms with Gasteiger partial charge in [0.25, 0.3) is 0 Å². The minimum absolute atomic E-state index is 0.687. The molecule has 2 nitrogen and oxygen atoms in total. The van der Waals surface area contributed by atoms with E-state index in [-0.39, 0.29) is 0 Å². The standard InChI is InChI=1S/C16H25BrN2/c1-2-10-19(13-16-8-3-4-9-18-16)12-14-6-5-7-15(17)11-14/h5-7,11,16,18H,2-4,8-10,12-13H2,1H3. The van der Waals surface area contributed by atoms with Gasteiger partial charge in [0.2, 0.25) is 0 Å². The minimum atomic E-state index is 0.687. The monoisotopic (exact) mass is 324 g/mol. The van der Waals surface area contributed by atoms with Gasteiger partial charge in [-0.3, -0.25) is 4.90 Å². The van der Waals surface area contributed by atoms with Crippen molar-refractivity contribution in [3.63, 3.8) is 0 Å². The molecule has 1 aliphatic heterocycles. The van der Waals surface area contributed by atoms with Crippen molar-refractivity contribution in [3.05, 3.63) is 34.3 Å². The quantitative estimate of drug-likeness (QED) is 0.856. The van der Waals surface area contributed by atoms with Crippen LogP contribution in [0.1, 0.15) is 38.2 Å². The number of piperidine rings is 1. The highest BCUT2D eigenvalue weighted by atomic mass is 79.9. The number of hydrogen-bond donors (Lipinski definition) is 1. The van der Waals surface area contributed by atoms with Gasteiger partial charge >= 0.3 is 0 Å². The van der Waals surface area contributed by atoms with Crippen LogP contribution in [0.15, 0.2) is 28.7 Å². The van der Waals surface area contributed by atoms with Gasteiger partial charge in [-0.1, -0.05) is 41.4 Å². The van der Waals surface area contributed by atoms with Gasteiger partial charge in [0, 0.05) is 23.6 Å². The van der Waals surface area contributed by atoms with E-state index < -0.39 is 0 Å². The second-order valence-electron chi connectivity index (χ2n) is 5.51. The molecule has 106 valence electrons. The maximum absolute atomic E-state index is 3.65. The Balaban J connectivity index is 1.91. The SMILES string of the molecule is CCCN(Cc1cccc(Br)c1)CC1CCCCN1. The Kier molecular flexibility index (Phi) is 6.35. The Morgan fingerprint density at radius 3 is 2.95 bits per heavy atom. The van der Waals surface area contributed by atoms with Crippen LogP contribution >= 0.6 is 15.9 Å². The van der Waals surface area contributed by atoms with Crippen LogP contribution in [0.2, 0.25) is 0 Å². The highest BCUT2D eigenvalue weighted by Crippen LogP contribution is 2.15. The second-order valence-corrected chi connectivity index (χ2v) is 6.43. The van der Waals surface area contributed by atoms with Gasteiger partial charge in [-0.05, 0) is 50.0 Å². The van der Waals surface area contributed by atoms with Crippen LogP contribution in [0.3, 0.4) is 0 Å². The molecule has 0 saturated carbocycles. The number of rotatable bonds is 6. The summed E-state index contributed by atoms with van der Waals surface area (Å²) in [4.78, 5) is 2.59. The van der Waals surface area contributed by atoms with Crippen molar-refractivity contribution in [2.45, 2.75) is 45.2 Å². The summed E-state index contributed by atoms with van der Waals surface area (Å²) in [6.45, 7) is 6.89. The van der Waals surface area contributed by atoms with E-state index >= 15 is 0 Å². The molecule has 1 heterocycles. The zero-order chi connectivity index (χ0) is 13.5. The lowest BCUT2D eigenvalue weighted by molar-refractivity contribution is 0.217. The summed E-state index contributed by atoms with van der Waals surface area (Å²) in [7, 11) is 0. The second kappa shape index (κ2) is 8.03. The van der Waals surface area contributed by atoms with Crippen molar-refractivity contribution < 1.29 is 0 Å². The molecule has 0 aromatic heterocycles. The van der Waals surface area contributed by atoms with Gasteiger partial charge in [0.1, 0.15) is 0 Å². The van der Waals surface area contributed by atoms with E-state index in [0.717, 1.165) is 6.54 Å². The zero-order valence-corrected chi connectivity index (χ0v) is 13.5. The van der Waals surface area contributed by atoms with E-state index in [2.05, 4.69) is 57.3 Å². The third-order valence-corrected chi connectivity index (χ3v) is 4.22. The van der Waals surface area contributed by atoms with Crippen LogP contribution in [0.25, 0.3) is 0 Å². The fraction of sp³-hybridized carbons (Fsp3) is 0.625. The number of nitrogens with one attached hydrogen (secondary N) is 1. The maximum Gasteiger partial charge on any atom is 0.0234 e. The van der Waals surface area contributed by atoms with Crippen molar-refractivity contribution in [3.8, 4) is 0 Å². The highest BCUT2D eigenvalue weighted by Gasteiger charge is 2.16. The van der Waals surface area contributed by atoms with Crippen molar-refractivity contribution in [1.29, 1.82) is 0 Å². The lowest BCUT2D eigenvalue weighted by atomic mass is 10.0. The maximum atomic E-state index is 3.65. The van der Waals surface area contributed by atoms with Crippen molar-refractivity contribution in [1.82, 2.24) is 10.2 Å². The summed E-state index contributed by atoms with van der Waals surface area (Å²) in [5.41, 5.74) is 1.40. The molecule has 0 radical (unpaired) electrons. The summed E-state index contributed by atoms with van der Waals surface area (Å²) in [5.74, 6) is 0. The molecule has 0 spiro atoms. The Labute approximate surface area is 125 Å². The van der Waals surface area contributed by atoms with E-state index in [1.807, 2.05) is 0 Å². The highest BCUT2D eigenvalue weighted by molar-refractivity contribution is 9.10. The number of benzene rings is 1. The first kappa shape index (κ1) is 15.0. The molecule has 1 aromatic rings. The number of halogens is 1. The summed E-state index contributed by atoms with van der Waals surface area (Å²) in [6.07, 6.45) is 5.28. The van der Waals surface area contributed by atoms with Crippen LogP contribution < -0.4 is 5.32 Å². The van der Waals surface area contributed by atoms with Gasteiger partial charge in [0.15, 0.2) is 0 Å². The van der Waals surface area contributed by atoms with Gasteiger partial charge in [-0.25, -0.2) is 0 Å². The van der Waals surface area contributed by atoms with Gasteiger partial charge in [-0.2, -0.15) is 0 Å². The van der Waals surface area contributed by atoms with E-state index in [1.165, 1.54) is 55.4 Å². The van der Waals surface area contributed by atoms with Crippen molar-refractivity contribution in [2.75, 3.05) is 19.6 Å². The van der Waals surface area contributed by atoms with Crippen molar-refractivity contribution >= 4 is 15.9 Å². The normalized spacial score (nSPS) is 19.8. The average molecular weight is 325 g/mol. The largest absolute Gasteiger partial charge is 0.313 e. The molecular formula is C16H25BrN2. The molecule has 1 atom stereocenters. The molecule has 19 heavy (non-hydrogen) atoms. The van der Waals surface area contributed by atoms with Crippen LogP contribution in [0.4, 0.5) is 0 Å². The van der Waals surface area contributed by atoms with Crippen LogP contribution in [0.5, 0.6) is 0 Å². The lowest BCUT2D eigenvalue weighted by Gasteiger charge is -2.30. The van der Waals surface area contributed by atoms with E-state index in [1.54, 1.807) is 0 Å². The molecule has 1 saturated heterocycles. The minimum Gasteiger partial charge on any atom is -0.313 e. The molecule has 1 N–H and O–H groups in total. The first-order valence-electron chi connectivity index (χ1n) is 7.48. The fourth-order valence-corrected chi connectivity index (χ4v) is 3.28. The molecule has 1 aliphatic rings. The molecule has 0 aliphatic carbocycles. The topological polar surface area (TPSA) is 15.3 Å². The summed E-state index contributed by atoms with van der Waals surface area (Å²) in [5, 5.41) is 3.65. The van der Waals surface area contributed by atoms with Crippen LogP contribution in [0, 0.1) is 0 Å². The smallest absolute Gasteiger partial charge is 0.0234 e. The lowest BCUT2D eigenvalue weighted by Crippen LogP contribution is -2.43. The van der Waals surface area contributed by atoms with Gasteiger partial charge in [-0.15, -0.1) is 0 Å². The number of nitrogens with zero attached hydrogens (tertiary/aromatic N) is 1. The predicted octanol–water partition coefficient (Wildman–Crippen LogP) is 3.80. The van der Waals surface area contributed by atoms with Crippen LogP contribution in [-0.2, 0) is 6.54 Å². The molecule has 3 heteroatoms. The molecule has 1 aromatic carbocycles. The van der Waals surface area contributed by atoms with Crippen LogP contribution in [-0.4, -0.2) is 30.6 Å². The van der Waals surface area contributed by atoms with E-state index in [0.29, 0.717) is 6.04 Å². The summed E-state index contributed by atoms with van der Waals surface area (Å²) in [6, 6.07) is 9.37. The third kappa shape index (κ3) is 5.25. The fourth-order valence-electron chi connectivity index (χ4n) is 2.84. The molecule has 0 bridgehead atoms. The molecule has 0 amide bonds. The first-order valence-corrected chi connectivity index (χ1v) is 8.27. The molecule has 1 unspecified atom stereocenters. The molecule has 2 rings (SSSR count). The van der Waals surface area contributed by atoms with Crippen molar-refractivity contribution in [2.24, 2.45) is 0 Å². The summed E-state index contributed by atoms with van der Waals surface area (Å²) >= 11 is 3.56. The summed E-state index contributed by atoms with van der Waals surface area (Å²) < 4.78 is 1.18. The third-order valence-electron chi connectivity index (χ3n) is 3.73. The van der Waals surface area contributed by atoms with Gasteiger partial charge in [0.05, 0.1) is 0 Å². The Morgan fingerprint density at radius 2 is 2.26 bits per heavy atom. The van der Waals surface area contributed by atoms with E-state index in [9.17, 15) is 0 Å². The zero-order valence-electron chi connectivity index (χ0n) is 11.9. The molecular weight excluding hydrogens is 300 g/mol. The average Bonchev–Trinajstić information content (AvgIpc) is 2.40. The van der Waals surface area contributed by atoms with E-state index in [4.69, 9.17) is 0 Å². The van der Waals surface area contributed by atoms with Gasteiger partial charge < -0.3 is 5.32 Å². The first-order chi connectivity index (χ1) is 9.28. The Morgan fingerprint density at radius 1 is 1.37 bits per heavy atom. The Bertz CT molecular complexity index is 375. The number of hydrogen-bond acceptors (Lipinski definition) is 2. The Hall–Kier alpha value is -0.380. The molecule has 1 fully saturated rings. The predicted molar refractivity (Wildman–Crippen MR) is 85.4 cm³/mol.